The SMILES string of the molecule is CC(C)(C)OC(=O)Nc1ncnc2c1c(-c1ccc(Oc3ccccc3)cc1)cn2C1CCC(=O)CC1. The lowest BCUT2D eigenvalue weighted by Gasteiger charge is -2.23. The fourth-order valence-corrected chi connectivity index (χ4v) is 4.61. The summed E-state index contributed by atoms with van der Waals surface area (Å²) >= 11 is 0. The van der Waals surface area contributed by atoms with Crippen molar-refractivity contribution in [3.63, 3.8) is 0 Å². The van der Waals surface area contributed by atoms with Gasteiger partial charge in [0.25, 0.3) is 0 Å². The van der Waals surface area contributed by atoms with Gasteiger partial charge in [0, 0.05) is 30.6 Å². The van der Waals surface area contributed by atoms with E-state index in [1.165, 1.54) is 6.33 Å². The second-order valence-corrected chi connectivity index (χ2v) is 10.2. The van der Waals surface area contributed by atoms with E-state index in [0.717, 1.165) is 35.1 Å². The summed E-state index contributed by atoms with van der Waals surface area (Å²) in [5.74, 6) is 2.15. The van der Waals surface area contributed by atoms with Crippen LogP contribution in [0.2, 0.25) is 0 Å². The lowest BCUT2D eigenvalue weighted by molar-refractivity contribution is -0.120. The number of hydrogen-bond acceptors (Lipinski definition) is 6. The van der Waals surface area contributed by atoms with Crippen molar-refractivity contribution in [1.29, 1.82) is 0 Å². The van der Waals surface area contributed by atoms with Gasteiger partial charge in [-0.3, -0.25) is 10.1 Å². The summed E-state index contributed by atoms with van der Waals surface area (Å²) in [6, 6.07) is 17.5. The molecule has 0 radical (unpaired) electrons. The number of benzene rings is 2. The number of fused-ring (bicyclic) bond motifs is 1. The molecule has 0 atom stereocenters. The predicted octanol–water partition coefficient (Wildman–Crippen LogP) is 6.92. The Morgan fingerprint density at radius 2 is 1.65 bits per heavy atom. The Hall–Kier alpha value is -4.20. The van der Waals surface area contributed by atoms with Crippen LogP contribution in [0.1, 0.15) is 52.5 Å². The van der Waals surface area contributed by atoms with Crippen molar-refractivity contribution in [3.05, 3.63) is 67.1 Å². The lowest BCUT2D eigenvalue weighted by atomic mass is 9.94. The van der Waals surface area contributed by atoms with Gasteiger partial charge in [-0.05, 0) is 63.4 Å². The number of Topliss-reactive ketones (excluding diaryl/α,β-unsaturated/α-hetero) is 1. The third-order valence-corrected chi connectivity index (χ3v) is 6.28. The van der Waals surface area contributed by atoms with Crippen molar-refractivity contribution in [2.45, 2.75) is 58.1 Å². The second-order valence-electron chi connectivity index (χ2n) is 10.2. The van der Waals surface area contributed by atoms with Crippen LogP contribution >= 0.6 is 0 Å². The smallest absolute Gasteiger partial charge is 0.413 e. The molecule has 2 heterocycles. The van der Waals surface area contributed by atoms with Crippen LogP contribution in [-0.4, -0.2) is 32.0 Å². The predicted molar refractivity (Wildman–Crippen MR) is 142 cm³/mol. The van der Waals surface area contributed by atoms with Crippen molar-refractivity contribution in [1.82, 2.24) is 14.5 Å². The zero-order valence-corrected chi connectivity index (χ0v) is 21.2. The highest BCUT2D eigenvalue weighted by molar-refractivity contribution is 6.05. The number of nitrogens with one attached hydrogen (secondary N) is 1. The van der Waals surface area contributed by atoms with Crippen molar-refractivity contribution >= 4 is 28.7 Å². The Balaban J connectivity index is 1.54. The van der Waals surface area contributed by atoms with E-state index in [1.54, 1.807) is 0 Å². The quantitative estimate of drug-likeness (QED) is 0.321. The first kappa shape index (κ1) is 24.5. The number of hydrogen-bond donors (Lipinski definition) is 1. The van der Waals surface area contributed by atoms with Gasteiger partial charge in [0.05, 0.1) is 5.39 Å². The topological polar surface area (TPSA) is 95.3 Å². The first-order valence-corrected chi connectivity index (χ1v) is 12.5. The minimum atomic E-state index is -0.645. The molecule has 2 aromatic carbocycles. The molecular weight excluding hydrogens is 468 g/mol. The van der Waals surface area contributed by atoms with Crippen molar-refractivity contribution in [2.75, 3.05) is 5.32 Å². The van der Waals surface area contributed by atoms with E-state index in [1.807, 2.05) is 81.6 Å². The number of ketones is 1. The zero-order chi connectivity index (χ0) is 26.0. The van der Waals surface area contributed by atoms with E-state index in [4.69, 9.17) is 9.47 Å². The molecular formula is C29H30N4O4. The van der Waals surface area contributed by atoms with Crippen molar-refractivity contribution in [3.8, 4) is 22.6 Å². The molecule has 1 fully saturated rings. The van der Waals surface area contributed by atoms with Crippen LogP contribution < -0.4 is 10.1 Å². The normalized spacial score (nSPS) is 14.5. The Bertz CT molecular complexity index is 1410. The van der Waals surface area contributed by atoms with E-state index >= 15 is 0 Å². The molecule has 8 nitrogen and oxygen atoms in total. The van der Waals surface area contributed by atoms with Gasteiger partial charge in [0.1, 0.15) is 40.7 Å². The maximum Gasteiger partial charge on any atom is 0.413 e. The van der Waals surface area contributed by atoms with Crippen LogP contribution in [0.15, 0.2) is 67.1 Å². The number of carbonyl (C=O) groups excluding carboxylic acids is 2. The number of anilines is 1. The molecule has 0 spiro atoms. The molecule has 37 heavy (non-hydrogen) atoms. The van der Waals surface area contributed by atoms with Crippen LogP contribution in [0.4, 0.5) is 10.6 Å². The van der Waals surface area contributed by atoms with Gasteiger partial charge in [-0.15, -0.1) is 0 Å². The molecule has 2 aromatic heterocycles. The number of amides is 1. The first-order valence-electron chi connectivity index (χ1n) is 12.5. The first-order chi connectivity index (χ1) is 17.8. The van der Waals surface area contributed by atoms with Crippen LogP contribution in [0.25, 0.3) is 22.2 Å². The van der Waals surface area contributed by atoms with Gasteiger partial charge in [0.15, 0.2) is 0 Å². The van der Waals surface area contributed by atoms with Gasteiger partial charge in [-0.25, -0.2) is 14.8 Å². The van der Waals surface area contributed by atoms with Gasteiger partial charge in [-0.2, -0.15) is 0 Å². The third kappa shape index (κ3) is 5.63. The maximum absolute atomic E-state index is 12.6. The van der Waals surface area contributed by atoms with Gasteiger partial charge in [0.2, 0.25) is 0 Å². The molecule has 0 aliphatic heterocycles. The molecule has 4 aromatic rings. The second kappa shape index (κ2) is 10.0. The number of nitrogens with zero attached hydrogens (tertiary/aromatic N) is 3. The standard InChI is InChI=1S/C29H30N4O4/c1-29(2,3)37-28(35)32-26-25-24(19-9-15-23(16-10-19)36-22-7-5-4-6-8-22)17-33(27(25)31-18-30-26)20-11-13-21(34)14-12-20/h4-10,15-18,20H,11-14H2,1-3H3,(H,30,31,32,35). The minimum Gasteiger partial charge on any atom is -0.457 e. The highest BCUT2D eigenvalue weighted by Gasteiger charge is 2.26. The van der Waals surface area contributed by atoms with Crippen LogP contribution in [0, 0.1) is 0 Å². The summed E-state index contributed by atoms with van der Waals surface area (Å²) in [4.78, 5) is 33.5. The van der Waals surface area contributed by atoms with Crippen LogP contribution in [0.5, 0.6) is 11.5 Å². The Labute approximate surface area is 215 Å². The van der Waals surface area contributed by atoms with E-state index in [9.17, 15) is 9.59 Å². The highest BCUT2D eigenvalue weighted by atomic mass is 16.6. The molecule has 1 aliphatic rings. The summed E-state index contributed by atoms with van der Waals surface area (Å²) in [5.41, 5.74) is 1.87. The van der Waals surface area contributed by atoms with Gasteiger partial charge in [-0.1, -0.05) is 30.3 Å². The van der Waals surface area contributed by atoms with Crippen molar-refractivity contribution < 1.29 is 19.1 Å². The van der Waals surface area contributed by atoms with Crippen molar-refractivity contribution in [2.24, 2.45) is 0 Å². The fraction of sp³-hybridized carbons (Fsp3) is 0.310. The Kier molecular flexibility index (Phi) is 6.65. The Morgan fingerprint density at radius 1 is 0.973 bits per heavy atom. The largest absolute Gasteiger partial charge is 0.457 e. The maximum atomic E-state index is 12.6. The van der Waals surface area contributed by atoms with E-state index in [-0.39, 0.29) is 6.04 Å². The summed E-state index contributed by atoms with van der Waals surface area (Å²) in [7, 11) is 0. The summed E-state index contributed by atoms with van der Waals surface area (Å²) < 4.78 is 13.5. The Morgan fingerprint density at radius 3 is 2.32 bits per heavy atom. The van der Waals surface area contributed by atoms with Gasteiger partial charge < -0.3 is 14.0 Å². The fourth-order valence-electron chi connectivity index (χ4n) is 4.61. The molecule has 1 amide bonds. The lowest BCUT2D eigenvalue weighted by Crippen LogP contribution is -2.27. The third-order valence-electron chi connectivity index (χ3n) is 6.28. The van der Waals surface area contributed by atoms with Crippen LogP contribution in [-0.2, 0) is 9.53 Å². The average Bonchev–Trinajstić information content (AvgIpc) is 3.25. The highest BCUT2D eigenvalue weighted by Crippen LogP contribution is 2.39. The molecule has 0 unspecified atom stereocenters. The monoisotopic (exact) mass is 498 g/mol. The average molecular weight is 499 g/mol. The minimum absolute atomic E-state index is 0.138. The van der Waals surface area contributed by atoms with E-state index < -0.39 is 11.7 Å². The molecule has 8 heteroatoms. The number of ether oxygens (including phenoxy) is 2. The molecule has 1 saturated carbocycles. The summed E-state index contributed by atoms with van der Waals surface area (Å²) in [6.07, 6.45) is 5.53. The molecule has 1 N–H and O–H groups in total. The molecule has 5 rings (SSSR count). The molecule has 0 saturated heterocycles. The number of para-hydroxylation sites is 1. The number of aromatic nitrogens is 3. The molecule has 190 valence electrons. The summed E-state index contributed by atoms with van der Waals surface area (Å²) in [6.45, 7) is 5.44. The zero-order valence-electron chi connectivity index (χ0n) is 21.2. The van der Waals surface area contributed by atoms with Gasteiger partial charge >= 0.3 is 6.09 Å². The van der Waals surface area contributed by atoms with Crippen LogP contribution in [0.3, 0.4) is 0 Å². The van der Waals surface area contributed by atoms with E-state index in [0.29, 0.717) is 35.8 Å². The van der Waals surface area contributed by atoms with E-state index in [2.05, 4.69) is 19.9 Å². The summed E-state index contributed by atoms with van der Waals surface area (Å²) in [5, 5.41) is 3.54. The number of rotatable bonds is 5. The number of carbonyl (C=O) groups is 2. The molecule has 0 bridgehead atoms. The molecule has 1 aliphatic carbocycles.